The normalized spacial score (nSPS) is 17.6. The van der Waals surface area contributed by atoms with Crippen molar-refractivity contribution in [2.24, 2.45) is 5.92 Å². The molecular weight excluding hydrogens is 539 g/mol. The first-order chi connectivity index (χ1) is 18.7. The molecule has 4 rings (SSSR count). The van der Waals surface area contributed by atoms with Crippen LogP contribution in [0.2, 0.25) is 0 Å². The molecule has 0 saturated heterocycles. The van der Waals surface area contributed by atoms with Gasteiger partial charge in [-0.2, -0.15) is 18.3 Å². The van der Waals surface area contributed by atoms with Crippen LogP contribution in [0.3, 0.4) is 0 Å². The predicted octanol–water partition coefficient (Wildman–Crippen LogP) is 5.66. The van der Waals surface area contributed by atoms with E-state index in [1.807, 2.05) is 13.8 Å². The van der Waals surface area contributed by atoms with Crippen molar-refractivity contribution in [3.63, 3.8) is 0 Å². The average molecular weight is 571 g/mol. The summed E-state index contributed by atoms with van der Waals surface area (Å²) in [5.74, 6) is -4.00. The molecule has 1 aliphatic carbocycles. The molecule has 40 heavy (non-hydrogen) atoms. The molecule has 0 unspecified atom stereocenters. The van der Waals surface area contributed by atoms with E-state index in [9.17, 15) is 31.5 Å². The molecule has 3 aromatic rings. The lowest BCUT2D eigenvalue weighted by molar-refractivity contribution is -0.144. The zero-order valence-electron chi connectivity index (χ0n) is 22.3. The zero-order valence-corrected chi connectivity index (χ0v) is 22.3. The van der Waals surface area contributed by atoms with E-state index in [1.165, 1.54) is 16.9 Å². The molecule has 0 aliphatic heterocycles. The highest BCUT2D eigenvalue weighted by Gasteiger charge is 2.39. The van der Waals surface area contributed by atoms with Gasteiger partial charge < -0.3 is 15.2 Å². The minimum absolute atomic E-state index is 0.108. The van der Waals surface area contributed by atoms with Crippen LogP contribution in [0.4, 0.5) is 22.0 Å². The maximum absolute atomic E-state index is 13.9. The van der Waals surface area contributed by atoms with Crippen LogP contribution in [0.5, 0.6) is 0 Å². The van der Waals surface area contributed by atoms with E-state index in [4.69, 9.17) is 4.52 Å². The Hall–Kier alpha value is -3.58. The number of fused-ring (bicyclic) bond motifs is 1. The number of hydrogen-bond donors (Lipinski definition) is 2. The van der Waals surface area contributed by atoms with Crippen LogP contribution in [0.15, 0.2) is 29.2 Å². The molecule has 14 heteroatoms. The minimum Gasteiger partial charge on any atom is -0.360 e. The third-order valence-electron chi connectivity index (χ3n) is 7.08. The van der Waals surface area contributed by atoms with Crippen LogP contribution in [0.25, 0.3) is 5.65 Å². The Morgan fingerprint density at radius 3 is 2.50 bits per heavy atom. The van der Waals surface area contributed by atoms with Gasteiger partial charge in [0.05, 0.1) is 42.8 Å². The van der Waals surface area contributed by atoms with E-state index in [0.29, 0.717) is 22.7 Å². The number of amides is 2. The molecule has 0 bridgehead atoms. The number of carbonyl (C=O) groups excluding carboxylic acids is 2. The van der Waals surface area contributed by atoms with E-state index in [-0.39, 0.29) is 43.1 Å². The van der Waals surface area contributed by atoms with Crippen LogP contribution in [0.1, 0.15) is 105 Å². The van der Waals surface area contributed by atoms with E-state index < -0.39 is 48.8 Å². The lowest BCUT2D eigenvalue weighted by atomic mass is 9.81. The van der Waals surface area contributed by atoms with Gasteiger partial charge in [-0.05, 0) is 37.3 Å². The molecule has 0 radical (unpaired) electrons. The number of nitrogens with zero attached hydrogens (tertiary/aromatic N) is 4. The van der Waals surface area contributed by atoms with E-state index in [0.717, 1.165) is 0 Å². The standard InChI is InChI=1S/C26H31F5N6O3/c1-14(2)23-18(12-33-40-23)24(39)36-22(16-4-7-25(27,28)8-5-16)19-13-37-20(35-19)10-17(11-32-37)15(3)34-21(38)6-9-26(29,30)31/h10-16,22H,4-9H2,1-3H3,(H,34,38)(H,36,39)/t15-,22+/m1/s1. The van der Waals surface area contributed by atoms with Crippen molar-refractivity contribution in [2.75, 3.05) is 0 Å². The summed E-state index contributed by atoms with van der Waals surface area (Å²) in [4.78, 5) is 29.8. The van der Waals surface area contributed by atoms with Crippen molar-refractivity contribution in [1.82, 2.24) is 30.4 Å². The number of hydrogen-bond acceptors (Lipinski definition) is 6. The summed E-state index contributed by atoms with van der Waals surface area (Å²) in [5.41, 5.74) is 1.53. The van der Waals surface area contributed by atoms with Crippen molar-refractivity contribution < 1.29 is 36.1 Å². The van der Waals surface area contributed by atoms with Crippen LogP contribution < -0.4 is 10.6 Å². The van der Waals surface area contributed by atoms with Gasteiger partial charge in [-0.15, -0.1) is 0 Å². The topological polar surface area (TPSA) is 114 Å². The van der Waals surface area contributed by atoms with Gasteiger partial charge in [0.25, 0.3) is 5.91 Å². The van der Waals surface area contributed by atoms with Crippen molar-refractivity contribution >= 4 is 17.5 Å². The van der Waals surface area contributed by atoms with Gasteiger partial charge in [0.15, 0.2) is 11.4 Å². The predicted molar refractivity (Wildman–Crippen MR) is 133 cm³/mol. The second-order valence-electron chi connectivity index (χ2n) is 10.6. The summed E-state index contributed by atoms with van der Waals surface area (Å²) in [6.45, 7) is 5.31. The first-order valence-corrected chi connectivity index (χ1v) is 13.1. The Bertz CT molecular complexity index is 1340. The van der Waals surface area contributed by atoms with E-state index in [1.54, 1.807) is 19.2 Å². The highest BCUT2D eigenvalue weighted by molar-refractivity contribution is 5.95. The van der Waals surface area contributed by atoms with E-state index in [2.05, 4.69) is 25.9 Å². The fraction of sp³-hybridized carbons (Fsp3) is 0.577. The van der Waals surface area contributed by atoms with Gasteiger partial charge in [-0.3, -0.25) is 9.59 Å². The monoisotopic (exact) mass is 570 g/mol. The summed E-state index contributed by atoms with van der Waals surface area (Å²) in [7, 11) is 0. The Morgan fingerprint density at radius 2 is 1.85 bits per heavy atom. The Kier molecular flexibility index (Phi) is 8.45. The number of nitrogens with one attached hydrogen (secondary N) is 2. The number of carbonyl (C=O) groups is 2. The number of alkyl halides is 5. The van der Waals surface area contributed by atoms with Crippen molar-refractivity contribution in [1.29, 1.82) is 0 Å². The number of aromatic nitrogens is 4. The summed E-state index contributed by atoms with van der Waals surface area (Å²) < 4.78 is 71.8. The quantitative estimate of drug-likeness (QED) is 0.321. The van der Waals surface area contributed by atoms with E-state index >= 15 is 0 Å². The smallest absolute Gasteiger partial charge is 0.360 e. The van der Waals surface area contributed by atoms with Crippen LogP contribution >= 0.6 is 0 Å². The molecule has 3 heterocycles. The van der Waals surface area contributed by atoms with Gasteiger partial charge in [-0.25, -0.2) is 18.3 Å². The average Bonchev–Trinajstić information content (AvgIpc) is 3.53. The molecule has 2 amide bonds. The van der Waals surface area contributed by atoms with Gasteiger partial charge >= 0.3 is 6.18 Å². The third-order valence-corrected chi connectivity index (χ3v) is 7.08. The Morgan fingerprint density at radius 1 is 1.15 bits per heavy atom. The molecular formula is C26H31F5N6O3. The zero-order chi connectivity index (χ0) is 29.2. The largest absolute Gasteiger partial charge is 0.389 e. The van der Waals surface area contributed by atoms with Crippen LogP contribution in [0, 0.1) is 5.92 Å². The SMILES string of the molecule is CC(C)c1oncc1C(=O)N[C@H](c1cn2ncc([C@@H](C)NC(=O)CCC(F)(F)F)cc2n1)C1CCC(F)(F)CC1. The van der Waals surface area contributed by atoms with Gasteiger partial charge in [0, 0.05) is 25.2 Å². The second kappa shape index (κ2) is 11.5. The van der Waals surface area contributed by atoms with Crippen molar-refractivity contribution in [2.45, 2.75) is 89.4 Å². The third kappa shape index (κ3) is 7.13. The van der Waals surface area contributed by atoms with Gasteiger partial charge in [-0.1, -0.05) is 19.0 Å². The summed E-state index contributed by atoms with van der Waals surface area (Å²) >= 11 is 0. The molecule has 9 nitrogen and oxygen atoms in total. The van der Waals surface area contributed by atoms with Crippen molar-refractivity contribution in [3.05, 3.63) is 47.2 Å². The second-order valence-corrected chi connectivity index (χ2v) is 10.6. The van der Waals surface area contributed by atoms with Crippen LogP contribution in [-0.4, -0.2) is 43.7 Å². The number of imidazole rings is 1. The molecule has 2 N–H and O–H groups in total. The fourth-order valence-corrected chi connectivity index (χ4v) is 4.83. The molecule has 218 valence electrons. The Labute approximate surface area is 226 Å². The maximum Gasteiger partial charge on any atom is 0.389 e. The highest BCUT2D eigenvalue weighted by atomic mass is 19.4. The molecule has 1 aliphatic rings. The summed E-state index contributed by atoms with van der Waals surface area (Å²) in [5, 5.41) is 13.5. The lowest BCUT2D eigenvalue weighted by Gasteiger charge is -2.33. The molecule has 1 saturated carbocycles. The van der Waals surface area contributed by atoms with Crippen LogP contribution in [-0.2, 0) is 4.79 Å². The first-order valence-electron chi connectivity index (χ1n) is 13.1. The minimum atomic E-state index is -4.43. The number of halogens is 5. The Balaban J connectivity index is 1.57. The molecule has 3 aromatic heterocycles. The molecule has 0 aromatic carbocycles. The molecule has 0 spiro atoms. The summed E-state index contributed by atoms with van der Waals surface area (Å²) in [6.07, 6.45) is -2.25. The molecule has 2 atom stereocenters. The van der Waals surface area contributed by atoms with Crippen molar-refractivity contribution in [3.8, 4) is 0 Å². The molecule has 1 fully saturated rings. The number of rotatable bonds is 9. The fourth-order valence-electron chi connectivity index (χ4n) is 4.83. The summed E-state index contributed by atoms with van der Waals surface area (Å²) in [6, 6.07) is 0.274. The highest BCUT2D eigenvalue weighted by Crippen LogP contribution is 2.41. The van der Waals surface area contributed by atoms with Gasteiger partial charge in [0.1, 0.15) is 5.56 Å². The maximum atomic E-state index is 13.9. The first kappa shape index (κ1) is 29.4. The lowest BCUT2D eigenvalue weighted by Crippen LogP contribution is -2.37. The van der Waals surface area contributed by atoms with Gasteiger partial charge in [0.2, 0.25) is 11.8 Å².